The predicted molar refractivity (Wildman–Crippen MR) is 101 cm³/mol. The minimum absolute atomic E-state index is 0.250. The SMILES string of the molecule is CSc1ccc(Cl)c(C(=O)Nc2ccc(Br)c3cccnc23)c1. The maximum atomic E-state index is 12.6. The summed E-state index contributed by atoms with van der Waals surface area (Å²) >= 11 is 11.2. The van der Waals surface area contributed by atoms with Gasteiger partial charge in [-0.1, -0.05) is 33.6 Å². The van der Waals surface area contributed by atoms with Gasteiger partial charge in [-0.3, -0.25) is 9.78 Å². The third kappa shape index (κ3) is 3.37. The highest BCUT2D eigenvalue weighted by molar-refractivity contribution is 9.10. The minimum Gasteiger partial charge on any atom is -0.320 e. The van der Waals surface area contributed by atoms with E-state index in [4.69, 9.17) is 11.6 Å². The van der Waals surface area contributed by atoms with Gasteiger partial charge in [-0.2, -0.15) is 0 Å². The summed E-state index contributed by atoms with van der Waals surface area (Å²) in [6.07, 6.45) is 3.66. The predicted octanol–water partition coefficient (Wildman–Crippen LogP) is 5.62. The van der Waals surface area contributed by atoms with Crippen LogP contribution in [0.1, 0.15) is 10.4 Å². The Bertz CT molecular complexity index is 901. The second kappa shape index (κ2) is 6.91. The van der Waals surface area contributed by atoms with Gasteiger partial charge in [-0.15, -0.1) is 11.8 Å². The summed E-state index contributed by atoms with van der Waals surface area (Å²) in [6, 6.07) is 12.9. The molecule has 0 unspecified atom stereocenters. The zero-order valence-electron chi connectivity index (χ0n) is 12.1. The van der Waals surface area contributed by atoms with E-state index in [2.05, 4.69) is 26.2 Å². The first-order valence-electron chi connectivity index (χ1n) is 6.78. The average molecular weight is 408 g/mol. The van der Waals surface area contributed by atoms with E-state index in [1.54, 1.807) is 30.1 Å². The van der Waals surface area contributed by atoms with Gasteiger partial charge in [0.05, 0.1) is 21.8 Å². The summed E-state index contributed by atoms with van der Waals surface area (Å²) in [6.45, 7) is 0. The number of aromatic nitrogens is 1. The fraction of sp³-hybridized carbons (Fsp3) is 0.0588. The molecule has 1 N–H and O–H groups in total. The number of hydrogen-bond acceptors (Lipinski definition) is 3. The van der Waals surface area contributed by atoms with Gasteiger partial charge < -0.3 is 5.32 Å². The minimum atomic E-state index is -0.250. The number of nitrogens with one attached hydrogen (secondary N) is 1. The van der Waals surface area contributed by atoms with E-state index in [1.807, 2.05) is 36.6 Å². The number of carbonyl (C=O) groups is 1. The normalized spacial score (nSPS) is 10.7. The maximum Gasteiger partial charge on any atom is 0.257 e. The lowest BCUT2D eigenvalue weighted by atomic mass is 10.1. The number of fused-ring (bicyclic) bond motifs is 1. The van der Waals surface area contributed by atoms with E-state index >= 15 is 0 Å². The second-order valence-corrected chi connectivity index (χ2v) is 6.94. The molecule has 0 saturated heterocycles. The summed E-state index contributed by atoms with van der Waals surface area (Å²) < 4.78 is 0.931. The molecular weight excluding hydrogens is 396 g/mol. The fourth-order valence-electron chi connectivity index (χ4n) is 2.23. The first-order valence-corrected chi connectivity index (χ1v) is 9.18. The van der Waals surface area contributed by atoms with Crippen LogP contribution in [0.15, 0.2) is 58.0 Å². The summed E-state index contributed by atoms with van der Waals surface area (Å²) in [5.41, 5.74) is 1.83. The standard InChI is InChI=1S/C17H12BrClN2OS/c1-23-10-4-6-14(19)12(9-10)17(22)21-15-7-5-13(18)11-3-2-8-20-16(11)15/h2-9H,1H3,(H,21,22). The maximum absolute atomic E-state index is 12.6. The lowest BCUT2D eigenvalue weighted by Gasteiger charge is -2.11. The number of thioether (sulfide) groups is 1. The molecular formula is C17H12BrClN2OS. The second-order valence-electron chi connectivity index (χ2n) is 4.79. The third-order valence-electron chi connectivity index (χ3n) is 3.38. The first-order chi connectivity index (χ1) is 11.1. The molecule has 0 atom stereocenters. The number of halogens is 2. The van der Waals surface area contributed by atoms with Crippen molar-refractivity contribution in [3.8, 4) is 0 Å². The number of pyridine rings is 1. The van der Waals surface area contributed by atoms with Gasteiger partial charge in [0.2, 0.25) is 0 Å². The van der Waals surface area contributed by atoms with Gasteiger partial charge in [-0.25, -0.2) is 0 Å². The van der Waals surface area contributed by atoms with Gasteiger partial charge in [0.15, 0.2) is 0 Å². The van der Waals surface area contributed by atoms with E-state index < -0.39 is 0 Å². The molecule has 0 aliphatic heterocycles. The van der Waals surface area contributed by atoms with Gasteiger partial charge in [0.25, 0.3) is 5.91 Å². The smallest absolute Gasteiger partial charge is 0.257 e. The molecule has 0 saturated carbocycles. The Labute approximate surface area is 151 Å². The highest BCUT2D eigenvalue weighted by Gasteiger charge is 2.14. The zero-order valence-corrected chi connectivity index (χ0v) is 15.3. The molecule has 3 rings (SSSR count). The molecule has 116 valence electrons. The van der Waals surface area contributed by atoms with Gasteiger partial charge in [0.1, 0.15) is 0 Å². The molecule has 1 aromatic heterocycles. The van der Waals surface area contributed by atoms with E-state index in [-0.39, 0.29) is 5.91 Å². The molecule has 1 amide bonds. The monoisotopic (exact) mass is 406 g/mol. The molecule has 23 heavy (non-hydrogen) atoms. The zero-order chi connectivity index (χ0) is 16.4. The number of benzene rings is 2. The number of hydrogen-bond donors (Lipinski definition) is 1. The van der Waals surface area contributed by atoms with Crippen LogP contribution < -0.4 is 5.32 Å². The molecule has 3 aromatic rings. The number of anilines is 1. The number of nitrogens with zero attached hydrogens (tertiary/aromatic N) is 1. The van der Waals surface area contributed by atoms with Crippen LogP contribution in [-0.2, 0) is 0 Å². The quantitative estimate of drug-likeness (QED) is 0.573. The Balaban J connectivity index is 2.00. The van der Waals surface area contributed by atoms with Crippen molar-refractivity contribution in [2.24, 2.45) is 0 Å². The van der Waals surface area contributed by atoms with Crippen LogP contribution in [-0.4, -0.2) is 17.1 Å². The highest BCUT2D eigenvalue weighted by atomic mass is 79.9. The third-order valence-corrected chi connectivity index (χ3v) is 5.13. The van der Waals surface area contributed by atoms with Crippen molar-refractivity contribution < 1.29 is 4.79 Å². The van der Waals surface area contributed by atoms with E-state index in [9.17, 15) is 4.79 Å². The topological polar surface area (TPSA) is 42.0 Å². The van der Waals surface area contributed by atoms with E-state index in [1.165, 1.54) is 0 Å². The van der Waals surface area contributed by atoms with Gasteiger partial charge in [-0.05, 0) is 42.7 Å². The largest absolute Gasteiger partial charge is 0.320 e. The van der Waals surface area contributed by atoms with Crippen molar-refractivity contribution in [1.82, 2.24) is 4.98 Å². The van der Waals surface area contributed by atoms with Crippen molar-refractivity contribution in [2.45, 2.75) is 4.90 Å². The van der Waals surface area contributed by atoms with Crippen LogP contribution in [0.25, 0.3) is 10.9 Å². The van der Waals surface area contributed by atoms with Crippen molar-refractivity contribution in [3.63, 3.8) is 0 Å². The Morgan fingerprint density at radius 1 is 1.26 bits per heavy atom. The summed E-state index contributed by atoms with van der Waals surface area (Å²) in [5.74, 6) is -0.250. The Morgan fingerprint density at radius 3 is 2.87 bits per heavy atom. The highest BCUT2D eigenvalue weighted by Crippen LogP contribution is 2.29. The summed E-state index contributed by atoms with van der Waals surface area (Å²) in [4.78, 5) is 17.9. The molecule has 1 heterocycles. The Morgan fingerprint density at radius 2 is 2.09 bits per heavy atom. The van der Waals surface area contributed by atoms with Crippen LogP contribution in [0.3, 0.4) is 0 Å². The van der Waals surface area contributed by atoms with Crippen LogP contribution in [0.4, 0.5) is 5.69 Å². The molecule has 0 spiro atoms. The van der Waals surface area contributed by atoms with Crippen molar-refractivity contribution in [1.29, 1.82) is 0 Å². The molecule has 6 heteroatoms. The van der Waals surface area contributed by atoms with Crippen LogP contribution in [0.5, 0.6) is 0 Å². The first kappa shape index (κ1) is 16.3. The molecule has 3 nitrogen and oxygen atoms in total. The van der Waals surface area contributed by atoms with Crippen LogP contribution in [0.2, 0.25) is 5.02 Å². The molecule has 0 radical (unpaired) electrons. The molecule has 0 aliphatic carbocycles. The van der Waals surface area contributed by atoms with Crippen LogP contribution >= 0.6 is 39.3 Å². The molecule has 0 bridgehead atoms. The van der Waals surface area contributed by atoms with E-state index in [0.717, 1.165) is 20.3 Å². The number of rotatable bonds is 3. The number of carbonyl (C=O) groups excluding carboxylic acids is 1. The Hall–Kier alpha value is -1.56. The summed E-state index contributed by atoms with van der Waals surface area (Å²) in [7, 11) is 0. The number of amides is 1. The van der Waals surface area contributed by atoms with Crippen molar-refractivity contribution >= 4 is 61.8 Å². The molecule has 0 aliphatic rings. The lowest BCUT2D eigenvalue weighted by Crippen LogP contribution is -2.13. The van der Waals surface area contributed by atoms with Crippen LogP contribution in [0, 0.1) is 0 Å². The lowest BCUT2D eigenvalue weighted by molar-refractivity contribution is 0.102. The van der Waals surface area contributed by atoms with Crippen molar-refractivity contribution in [2.75, 3.05) is 11.6 Å². The average Bonchev–Trinajstić information content (AvgIpc) is 2.58. The van der Waals surface area contributed by atoms with E-state index in [0.29, 0.717) is 16.3 Å². The van der Waals surface area contributed by atoms with Crippen molar-refractivity contribution in [3.05, 3.63) is 63.7 Å². The summed E-state index contributed by atoms with van der Waals surface area (Å²) in [5, 5.41) is 4.27. The van der Waals surface area contributed by atoms with Gasteiger partial charge >= 0.3 is 0 Å². The van der Waals surface area contributed by atoms with Gasteiger partial charge in [0, 0.05) is 21.0 Å². The molecule has 2 aromatic carbocycles. The Kier molecular flexibility index (Phi) is 4.90. The molecule has 0 fully saturated rings. The fourth-order valence-corrected chi connectivity index (χ4v) is 3.33.